The Morgan fingerprint density at radius 1 is 1.27 bits per heavy atom. The molecule has 0 aliphatic rings. The van der Waals surface area contributed by atoms with Crippen LogP contribution in [-0.4, -0.2) is 35.4 Å². The van der Waals surface area contributed by atoms with Gasteiger partial charge in [0.05, 0.1) is 0 Å². The molecule has 86 valence electrons. The fourth-order valence-electron chi connectivity index (χ4n) is 1.00. The zero-order chi connectivity index (χ0) is 11.7. The van der Waals surface area contributed by atoms with Crippen molar-refractivity contribution < 1.29 is 24.5 Å². The monoisotopic (exact) mass is 216 g/mol. The zero-order valence-corrected chi connectivity index (χ0v) is 8.73. The van der Waals surface area contributed by atoms with Gasteiger partial charge in [-0.2, -0.15) is 0 Å². The molecule has 5 nitrogen and oxygen atoms in total. The van der Waals surface area contributed by atoms with Crippen molar-refractivity contribution in [3.8, 4) is 0 Å². The van der Waals surface area contributed by atoms with Gasteiger partial charge in [-0.1, -0.05) is 6.92 Å². The molecule has 0 spiro atoms. The van der Waals surface area contributed by atoms with Crippen LogP contribution in [0.25, 0.3) is 0 Å². The molecule has 0 atom stereocenters. The average Bonchev–Trinajstić information content (AvgIpc) is 2.15. The quantitative estimate of drug-likeness (QED) is 0.471. The highest BCUT2D eigenvalue weighted by Crippen LogP contribution is 2.05. The Kier molecular flexibility index (Phi) is 7.27. The molecule has 0 aliphatic heterocycles. The van der Waals surface area contributed by atoms with Crippen molar-refractivity contribution in [3.63, 3.8) is 0 Å². The maximum atomic E-state index is 10.6. The third-order valence-electron chi connectivity index (χ3n) is 1.66. The predicted molar refractivity (Wildman–Crippen MR) is 53.7 cm³/mol. The molecule has 15 heavy (non-hydrogen) atoms. The Hall–Kier alpha value is -1.36. The van der Waals surface area contributed by atoms with E-state index in [1.165, 1.54) is 0 Å². The van der Waals surface area contributed by atoms with Crippen LogP contribution in [0.2, 0.25) is 0 Å². The fraction of sp³-hybridized carbons (Fsp3) is 0.600. The van der Waals surface area contributed by atoms with Gasteiger partial charge in [0.15, 0.2) is 0 Å². The number of rotatable bonds is 8. The molecule has 2 N–H and O–H groups in total. The molecule has 0 bridgehead atoms. The summed E-state index contributed by atoms with van der Waals surface area (Å²) in [5, 5.41) is 17.1. The molecule has 0 aromatic carbocycles. The molecule has 5 heteroatoms. The van der Waals surface area contributed by atoms with E-state index in [0.29, 0.717) is 19.6 Å². The first-order valence-corrected chi connectivity index (χ1v) is 4.82. The second kappa shape index (κ2) is 7.99. The molecular formula is C10H16O5. The van der Waals surface area contributed by atoms with Crippen molar-refractivity contribution in [1.82, 2.24) is 0 Å². The van der Waals surface area contributed by atoms with Crippen LogP contribution in [0.5, 0.6) is 0 Å². The first kappa shape index (κ1) is 13.6. The van der Waals surface area contributed by atoms with E-state index >= 15 is 0 Å². The summed E-state index contributed by atoms with van der Waals surface area (Å²) in [6.07, 6.45) is 2.37. The van der Waals surface area contributed by atoms with E-state index in [-0.39, 0.29) is 12.0 Å². The van der Waals surface area contributed by atoms with Crippen LogP contribution in [0.3, 0.4) is 0 Å². The molecule has 0 heterocycles. The number of carbonyl (C=O) groups is 2. The largest absolute Gasteiger partial charge is 0.478 e. The summed E-state index contributed by atoms with van der Waals surface area (Å²) in [4.78, 5) is 20.9. The number of hydrogen-bond donors (Lipinski definition) is 2. The number of carboxylic acids is 2. The third-order valence-corrected chi connectivity index (χ3v) is 1.66. The van der Waals surface area contributed by atoms with E-state index in [0.717, 1.165) is 12.5 Å². The van der Waals surface area contributed by atoms with Crippen LogP contribution in [0.15, 0.2) is 11.6 Å². The van der Waals surface area contributed by atoms with Crippen molar-refractivity contribution in [3.05, 3.63) is 11.6 Å². The smallest absolute Gasteiger partial charge is 0.331 e. The average molecular weight is 216 g/mol. The molecular weight excluding hydrogens is 200 g/mol. The lowest BCUT2D eigenvalue weighted by molar-refractivity contribution is -0.135. The minimum atomic E-state index is -1.23. The van der Waals surface area contributed by atoms with Gasteiger partial charge in [0.25, 0.3) is 0 Å². The van der Waals surface area contributed by atoms with E-state index < -0.39 is 11.9 Å². The standard InChI is InChI=1S/C10H16O5/c1-2-5-15-6-3-4-8(10(13)14)7-9(11)12/h7H,2-6H2,1H3,(H,11,12)(H,13,14)/b8-7-. The predicted octanol–water partition coefficient (Wildman–Crippen LogP) is 1.29. The van der Waals surface area contributed by atoms with E-state index in [1.54, 1.807) is 0 Å². The fourth-order valence-corrected chi connectivity index (χ4v) is 1.00. The maximum Gasteiger partial charge on any atom is 0.331 e. The van der Waals surface area contributed by atoms with Gasteiger partial charge in [-0.05, 0) is 19.3 Å². The number of hydrogen-bond acceptors (Lipinski definition) is 3. The molecule has 0 saturated heterocycles. The van der Waals surface area contributed by atoms with Crippen LogP contribution in [0.4, 0.5) is 0 Å². The van der Waals surface area contributed by atoms with Gasteiger partial charge < -0.3 is 14.9 Å². The Balaban J connectivity index is 3.88. The second-order valence-electron chi connectivity index (χ2n) is 3.03. The molecule has 0 aromatic rings. The summed E-state index contributed by atoms with van der Waals surface area (Å²) in [7, 11) is 0. The summed E-state index contributed by atoms with van der Waals surface area (Å²) in [6.45, 7) is 3.08. The number of aliphatic carboxylic acids is 2. The summed E-state index contributed by atoms with van der Waals surface area (Å²) < 4.78 is 5.15. The summed E-state index contributed by atoms with van der Waals surface area (Å²) in [5.74, 6) is -2.42. The highest BCUT2D eigenvalue weighted by Gasteiger charge is 2.08. The van der Waals surface area contributed by atoms with Crippen LogP contribution in [0, 0.1) is 0 Å². The van der Waals surface area contributed by atoms with Gasteiger partial charge >= 0.3 is 11.9 Å². The van der Waals surface area contributed by atoms with Crippen LogP contribution in [0.1, 0.15) is 26.2 Å². The normalized spacial score (nSPS) is 11.4. The summed E-state index contributed by atoms with van der Waals surface area (Å²) >= 11 is 0. The first-order valence-electron chi connectivity index (χ1n) is 4.82. The topological polar surface area (TPSA) is 83.8 Å². The summed E-state index contributed by atoms with van der Waals surface area (Å²) in [6, 6.07) is 0. The molecule has 0 aromatic heterocycles. The Bertz CT molecular complexity index is 244. The SMILES string of the molecule is CCCOCCC/C(=C/C(=O)O)C(=O)O. The van der Waals surface area contributed by atoms with Gasteiger partial charge in [0, 0.05) is 24.9 Å². The lowest BCUT2D eigenvalue weighted by atomic mass is 10.1. The van der Waals surface area contributed by atoms with Gasteiger partial charge in [0.2, 0.25) is 0 Å². The molecule has 0 radical (unpaired) electrons. The Morgan fingerprint density at radius 2 is 1.93 bits per heavy atom. The van der Waals surface area contributed by atoms with E-state index in [9.17, 15) is 9.59 Å². The van der Waals surface area contributed by atoms with Crippen LogP contribution in [-0.2, 0) is 14.3 Å². The van der Waals surface area contributed by atoms with Crippen molar-refractivity contribution in [2.24, 2.45) is 0 Å². The first-order chi connectivity index (χ1) is 7.07. The van der Waals surface area contributed by atoms with Crippen molar-refractivity contribution in [2.45, 2.75) is 26.2 Å². The highest BCUT2D eigenvalue weighted by molar-refractivity contribution is 5.94. The number of ether oxygens (including phenoxy) is 1. The third kappa shape index (κ3) is 7.69. The molecule has 0 unspecified atom stereocenters. The van der Waals surface area contributed by atoms with Gasteiger partial charge in [-0.3, -0.25) is 0 Å². The molecule has 0 fully saturated rings. The number of carboxylic acid groups (broad SMARTS) is 2. The maximum absolute atomic E-state index is 10.6. The highest BCUT2D eigenvalue weighted by atomic mass is 16.5. The van der Waals surface area contributed by atoms with Crippen molar-refractivity contribution in [1.29, 1.82) is 0 Å². The van der Waals surface area contributed by atoms with E-state index in [4.69, 9.17) is 14.9 Å². The zero-order valence-electron chi connectivity index (χ0n) is 8.73. The lowest BCUT2D eigenvalue weighted by Crippen LogP contribution is -2.05. The second-order valence-corrected chi connectivity index (χ2v) is 3.03. The summed E-state index contributed by atoms with van der Waals surface area (Å²) in [5.41, 5.74) is -0.0948. The molecule has 0 aliphatic carbocycles. The van der Waals surface area contributed by atoms with Gasteiger partial charge in [-0.15, -0.1) is 0 Å². The van der Waals surface area contributed by atoms with Crippen molar-refractivity contribution in [2.75, 3.05) is 13.2 Å². The molecule has 0 rings (SSSR count). The van der Waals surface area contributed by atoms with E-state index in [2.05, 4.69) is 0 Å². The Labute approximate surface area is 88.4 Å². The molecule has 0 amide bonds. The minimum Gasteiger partial charge on any atom is -0.478 e. The lowest BCUT2D eigenvalue weighted by Gasteiger charge is -2.02. The van der Waals surface area contributed by atoms with Crippen LogP contribution < -0.4 is 0 Å². The van der Waals surface area contributed by atoms with Crippen molar-refractivity contribution >= 4 is 11.9 Å². The van der Waals surface area contributed by atoms with Gasteiger partial charge in [0.1, 0.15) is 0 Å². The van der Waals surface area contributed by atoms with Crippen LogP contribution >= 0.6 is 0 Å². The Morgan fingerprint density at radius 3 is 2.40 bits per heavy atom. The minimum absolute atomic E-state index is 0.0948. The molecule has 0 saturated carbocycles. The van der Waals surface area contributed by atoms with Gasteiger partial charge in [-0.25, -0.2) is 9.59 Å². The van der Waals surface area contributed by atoms with E-state index in [1.807, 2.05) is 6.92 Å².